The number of unbranched alkanes of at least 4 members (excludes halogenated alkanes) is 17. The van der Waals surface area contributed by atoms with Gasteiger partial charge in [0.15, 0.2) is 0 Å². The lowest BCUT2D eigenvalue weighted by atomic mass is 9.98. The quantitative estimate of drug-likeness (QED) is 0.0382. The van der Waals surface area contributed by atoms with Gasteiger partial charge in [-0.25, -0.2) is 0 Å². The van der Waals surface area contributed by atoms with Gasteiger partial charge in [0.05, 0.1) is 0 Å². The molecule has 0 saturated carbocycles. The molecule has 0 atom stereocenters. The van der Waals surface area contributed by atoms with E-state index in [4.69, 9.17) is 4.43 Å². The predicted octanol–water partition coefficient (Wildman–Crippen LogP) is 16.3. The van der Waals surface area contributed by atoms with Crippen LogP contribution in [0, 0.1) is 0 Å². The minimum atomic E-state index is -2.47. The van der Waals surface area contributed by atoms with E-state index in [2.05, 4.69) is 156 Å². The number of rotatable bonds is 37. The molecule has 0 heterocycles. The van der Waals surface area contributed by atoms with E-state index in [1.807, 2.05) is 0 Å². The summed E-state index contributed by atoms with van der Waals surface area (Å²) in [6, 6.07) is 22.9. The first-order chi connectivity index (χ1) is 28.9. The first-order valence-electron chi connectivity index (χ1n) is 24.9. The smallest absolute Gasteiger partial charge is 0.261 e. The summed E-state index contributed by atoms with van der Waals surface area (Å²) >= 11 is 0. The third kappa shape index (κ3) is 23.9. The van der Waals surface area contributed by atoms with E-state index in [0.717, 1.165) is 32.4 Å². The highest BCUT2D eigenvalue weighted by Gasteiger charge is 2.49. The molecule has 3 heteroatoms. The summed E-state index contributed by atoms with van der Waals surface area (Å²) in [4.78, 5) is 2.72. The molecule has 0 spiro atoms. The second kappa shape index (κ2) is 35.2. The van der Waals surface area contributed by atoms with Gasteiger partial charge in [-0.05, 0) is 119 Å². The van der Waals surface area contributed by atoms with E-state index >= 15 is 0 Å². The number of hydrogen-bond acceptors (Lipinski definition) is 2. The van der Waals surface area contributed by atoms with Crippen LogP contribution in [0.25, 0.3) is 0 Å². The van der Waals surface area contributed by atoms with Crippen LogP contribution in [0.4, 0.5) is 0 Å². The molecule has 0 aliphatic carbocycles. The Morgan fingerprint density at radius 3 is 1.29 bits per heavy atom. The maximum Gasteiger partial charge on any atom is 0.261 e. The first-order valence-corrected chi connectivity index (χ1v) is 26.8. The van der Waals surface area contributed by atoms with Crippen molar-refractivity contribution in [3.05, 3.63) is 109 Å². The fourth-order valence-electron chi connectivity index (χ4n) is 8.60. The lowest BCUT2D eigenvalue weighted by molar-refractivity contribution is 0.198. The first kappa shape index (κ1) is 52.7. The van der Waals surface area contributed by atoms with Crippen molar-refractivity contribution < 1.29 is 4.43 Å². The topological polar surface area (TPSA) is 12.5 Å². The van der Waals surface area contributed by atoms with Crippen molar-refractivity contribution in [1.29, 1.82) is 0 Å². The van der Waals surface area contributed by atoms with Crippen molar-refractivity contribution in [2.45, 2.75) is 213 Å². The third-order valence-electron chi connectivity index (χ3n) is 12.2. The molecule has 332 valence electrons. The Labute approximate surface area is 368 Å². The van der Waals surface area contributed by atoms with Crippen LogP contribution in [0.15, 0.2) is 109 Å². The van der Waals surface area contributed by atoms with Crippen molar-refractivity contribution in [1.82, 2.24) is 4.90 Å². The zero-order valence-corrected chi connectivity index (χ0v) is 40.6. The van der Waals surface area contributed by atoms with E-state index in [9.17, 15) is 0 Å². The van der Waals surface area contributed by atoms with Crippen LogP contribution in [0.3, 0.4) is 0 Å². The van der Waals surface area contributed by atoms with Crippen molar-refractivity contribution >= 4 is 18.7 Å². The van der Waals surface area contributed by atoms with E-state index in [1.165, 1.54) is 158 Å². The van der Waals surface area contributed by atoms with Crippen LogP contribution in [0.2, 0.25) is 5.04 Å². The molecule has 2 aromatic rings. The normalized spacial score (nSPS) is 12.9. The monoisotopic (exact) mass is 824 g/mol. The van der Waals surface area contributed by atoms with Gasteiger partial charge in [0.25, 0.3) is 8.32 Å². The predicted molar refractivity (Wildman–Crippen MR) is 268 cm³/mol. The van der Waals surface area contributed by atoms with Gasteiger partial charge in [-0.2, -0.15) is 0 Å². The largest absolute Gasteiger partial charge is 0.407 e. The highest BCUT2D eigenvalue weighted by Crippen LogP contribution is 2.37. The van der Waals surface area contributed by atoms with E-state index in [1.54, 1.807) is 0 Å². The van der Waals surface area contributed by atoms with Crippen molar-refractivity contribution in [3.63, 3.8) is 0 Å². The lowest BCUT2D eigenvalue weighted by Gasteiger charge is -2.43. The van der Waals surface area contributed by atoms with Crippen LogP contribution < -0.4 is 10.4 Å². The number of nitrogens with zero attached hydrogens (tertiary/aromatic N) is 1. The number of hydrogen-bond donors (Lipinski definition) is 0. The van der Waals surface area contributed by atoms with Gasteiger partial charge >= 0.3 is 0 Å². The minimum absolute atomic E-state index is 0.0284. The summed E-state index contributed by atoms with van der Waals surface area (Å²) in [6.07, 6.45) is 52.8. The third-order valence-corrected chi connectivity index (χ3v) is 17.3. The Hall–Kier alpha value is -2.46. The maximum absolute atomic E-state index is 7.24. The van der Waals surface area contributed by atoms with Gasteiger partial charge in [0, 0.05) is 12.6 Å². The van der Waals surface area contributed by atoms with Crippen molar-refractivity contribution in [2.24, 2.45) is 0 Å². The highest BCUT2D eigenvalue weighted by molar-refractivity contribution is 6.99. The Morgan fingerprint density at radius 1 is 0.492 bits per heavy atom. The van der Waals surface area contributed by atoms with Gasteiger partial charge in [0.1, 0.15) is 0 Å². The Bertz CT molecular complexity index is 1250. The van der Waals surface area contributed by atoms with Crippen LogP contribution in [-0.2, 0) is 4.43 Å². The molecule has 59 heavy (non-hydrogen) atoms. The molecule has 0 bridgehead atoms. The summed E-state index contributed by atoms with van der Waals surface area (Å²) < 4.78 is 7.24. The van der Waals surface area contributed by atoms with Crippen LogP contribution >= 0.6 is 0 Å². The van der Waals surface area contributed by atoms with Crippen LogP contribution in [-0.4, -0.2) is 39.5 Å². The second-order valence-electron chi connectivity index (χ2n) is 18.4. The van der Waals surface area contributed by atoms with Crippen LogP contribution in [0.5, 0.6) is 0 Å². The molecule has 0 N–H and O–H groups in total. The Morgan fingerprint density at radius 2 is 0.881 bits per heavy atom. The zero-order valence-electron chi connectivity index (χ0n) is 39.6. The number of benzene rings is 2. The molecular weight excluding hydrogens is 731 g/mol. The molecule has 0 fully saturated rings. The van der Waals surface area contributed by atoms with Gasteiger partial charge in [0.2, 0.25) is 0 Å². The summed E-state index contributed by atoms with van der Waals surface area (Å²) in [6.45, 7) is 13.7. The molecule has 0 radical (unpaired) electrons. The van der Waals surface area contributed by atoms with E-state index < -0.39 is 8.32 Å². The van der Waals surface area contributed by atoms with Crippen LogP contribution in [0.1, 0.15) is 202 Å². The van der Waals surface area contributed by atoms with Crippen molar-refractivity contribution in [2.75, 3.05) is 20.2 Å². The molecule has 0 amide bonds. The highest BCUT2D eigenvalue weighted by atomic mass is 28.4. The van der Waals surface area contributed by atoms with E-state index in [0.29, 0.717) is 6.04 Å². The average molecular weight is 824 g/mol. The standard InChI is InChI=1S/C56H93NOSi/c1-7-9-11-13-15-17-19-21-23-25-27-29-31-33-37-45-53(46-38-34-32-30-28-26-24-22-20-18-16-14-12-10-8-2)57(6)51-43-44-52-58-59(56(3,4)5,54-47-39-35-40-48-54)55-49-41-36-42-50-55/h15-18,21-24,35-36,39-42,47-50,53H,7-14,19-20,25-34,37-38,43-46,51-52H2,1-6H3/b17-15-,18-16-,23-21-,24-22-. The molecule has 2 aromatic carbocycles. The molecule has 0 unspecified atom stereocenters. The fourth-order valence-corrected chi connectivity index (χ4v) is 13.2. The SMILES string of the molecule is CCCCC/C=C\C/C=C\CCCCCCCC(CCCCCCC/C=C\C/C=C\CCCCC)N(C)CCCCO[Si](c1ccccc1)(c1ccccc1)C(C)(C)C. The second-order valence-corrected chi connectivity index (χ2v) is 22.7. The molecule has 2 rings (SSSR count). The van der Waals surface area contributed by atoms with Crippen molar-refractivity contribution in [3.8, 4) is 0 Å². The Balaban J connectivity index is 1.81. The maximum atomic E-state index is 7.24. The van der Waals surface area contributed by atoms with Gasteiger partial charge in [-0.1, -0.05) is 221 Å². The molecule has 0 aromatic heterocycles. The zero-order chi connectivity index (χ0) is 42.5. The van der Waals surface area contributed by atoms with Gasteiger partial charge < -0.3 is 9.33 Å². The molecule has 2 nitrogen and oxygen atoms in total. The van der Waals surface area contributed by atoms with E-state index in [-0.39, 0.29) is 5.04 Å². The Kier molecular flexibility index (Phi) is 31.4. The lowest BCUT2D eigenvalue weighted by Crippen LogP contribution is -2.66. The summed E-state index contributed by atoms with van der Waals surface area (Å²) in [7, 11) is -0.0602. The van der Waals surface area contributed by atoms with Gasteiger partial charge in [-0.15, -0.1) is 0 Å². The summed E-state index contributed by atoms with van der Waals surface area (Å²) in [5, 5.41) is 2.79. The summed E-state index contributed by atoms with van der Waals surface area (Å²) in [5.41, 5.74) is 0. The molecule has 0 aliphatic heterocycles. The number of allylic oxidation sites excluding steroid dienone is 8. The van der Waals surface area contributed by atoms with Gasteiger partial charge in [-0.3, -0.25) is 0 Å². The average Bonchev–Trinajstić information content (AvgIpc) is 3.24. The fraction of sp³-hybridized carbons (Fsp3) is 0.643. The molecule has 0 aliphatic rings. The minimum Gasteiger partial charge on any atom is -0.407 e. The molecule has 0 saturated heterocycles. The summed E-state index contributed by atoms with van der Waals surface area (Å²) in [5.74, 6) is 0. The molecular formula is C56H93NOSi.